The Morgan fingerprint density at radius 1 is 1.09 bits per heavy atom. The van der Waals surface area contributed by atoms with Gasteiger partial charge < -0.3 is 19.6 Å². The van der Waals surface area contributed by atoms with E-state index in [2.05, 4.69) is 39.2 Å². The fourth-order valence-electron chi connectivity index (χ4n) is 3.30. The third kappa shape index (κ3) is 9.72. The van der Waals surface area contributed by atoms with E-state index in [9.17, 15) is 14.7 Å². The van der Waals surface area contributed by atoms with Crippen LogP contribution in [0.25, 0.3) is 0 Å². The van der Waals surface area contributed by atoms with Gasteiger partial charge >= 0.3 is 12.1 Å². The first-order chi connectivity index (χ1) is 15.1. The van der Waals surface area contributed by atoms with Crippen molar-refractivity contribution in [3.63, 3.8) is 0 Å². The van der Waals surface area contributed by atoms with Crippen molar-refractivity contribution >= 4 is 20.4 Å². The maximum absolute atomic E-state index is 12.6. The summed E-state index contributed by atoms with van der Waals surface area (Å²) in [7, 11) is -2.09. The summed E-state index contributed by atoms with van der Waals surface area (Å²) >= 11 is 0. The number of alkyl carbamates (subject to hydrolysis) is 1. The molecule has 0 aliphatic rings. The molecule has 0 bridgehead atoms. The zero-order valence-electron chi connectivity index (χ0n) is 21.8. The predicted octanol–water partition coefficient (Wildman–Crippen LogP) is 6.04. The first-order valence-corrected chi connectivity index (χ1v) is 14.5. The average molecular weight is 478 g/mol. The van der Waals surface area contributed by atoms with Crippen LogP contribution in [0, 0.1) is 11.8 Å². The molecule has 0 radical (unpaired) electrons. The van der Waals surface area contributed by atoms with E-state index in [0.29, 0.717) is 6.42 Å². The van der Waals surface area contributed by atoms with Gasteiger partial charge in [0.2, 0.25) is 0 Å². The van der Waals surface area contributed by atoms with Crippen LogP contribution in [0.15, 0.2) is 42.5 Å². The number of allylic oxidation sites excluding steroid dienone is 1. The summed E-state index contributed by atoms with van der Waals surface area (Å²) in [6.07, 6.45) is 3.47. The van der Waals surface area contributed by atoms with Crippen molar-refractivity contribution in [2.75, 3.05) is 6.61 Å². The Kier molecular flexibility index (Phi) is 10.4. The van der Waals surface area contributed by atoms with E-state index in [1.54, 1.807) is 20.8 Å². The van der Waals surface area contributed by atoms with Crippen molar-refractivity contribution < 1.29 is 23.9 Å². The van der Waals surface area contributed by atoms with Gasteiger partial charge in [0.15, 0.2) is 8.32 Å². The summed E-state index contributed by atoms with van der Waals surface area (Å²) in [5.41, 5.74) is 0.253. The van der Waals surface area contributed by atoms with Crippen LogP contribution in [0.5, 0.6) is 0 Å². The maximum atomic E-state index is 12.6. The lowest BCUT2D eigenvalue weighted by atomic mass is 9.83. The number of hydrogen-bond donors (Lipinski definition) is 2. The first kappa shape index (κ1) is 28.9. The van der Waals surface area contributed by atoms with E-state index in [4.69, 9.17) is 9.16 Å². The minimum Gasteiger partial charge on any atom is -0.481 e. The Labute approximate surface area is 200 Å². The quantitative estimate of drug-likeness (QED) is 0.317. The number of carboxylic acid groups (broad SMARTS) is 1. The van der Waals surface area contributed by atoms with Crippen LogP contribution in [-0.2, 0) is 20.4 Å². The largest absolute Gasteiger partial charge is 0.481 e. The van der Waals surface area contributed by atoms with Crippen LogP contribution in [0.4, 0.5) is 4.79 Å². The predicted molar refractivity (Wildman–Crippen MR) is 136 cm³/mol. The highest BCUT2D eigenvalue weighted by Crippen LogP contribution is 2.37. The van der Waals surface area contributed by atoms with Gasteiger partial charge in [-0.1, -0.05) is 63.3 Å². The van der Waals surface area contributed by atoms with E-state index < -0.39 is 43.9 Å². The highest BCUT2D eigenvalue weighted by atomic mass is 28.4. The van der Waals surface area contributed by atoms with E-state index in [0.717, 1.165) is 5.56 Å². The third-order valence-corrected chi connectivity index (χ3v) is 10.6. The Balaban J connectivity index is 3.29. The second kappa shape index (κ2) is 11.8. The molecular weight excluding hydrogens is 434 g/mol. The van der Waals surface area contributed by atoms with Crippen molar-refractivity contribution in [2.24, 2.45) is 11.8 Å². The van der Waals surface area contributed by atoms with Crippen molar-refractivity contribution in [2.45, 2.75) is 84.7 Å². The first-order valence-electron chi connectivity index (χ1n) is 11.6. The molecule has 0 saturated heterocycles. The summed E-state index contributed by atoms with van der Waals surface area (Å²) < 4.78 is 11.9. The molecule has 0 fully saturated rings. The normalized spacial score (nSPS) is 15.7. The Morgan fingerprint density at radius 2 is 1.67 bits per heavy atom. The topological polar surface area (TPSA) is 84.9 Å². The van der Waals surface area contributed by atoms with Gasteiger partial charge in [0.25, 0.3) is 0 Å². The summed E-state index contributed by atoms with van der Waals surface area (Å²) in [6.45, 7) is 18.2. The van der Waals surface area contributed by atoms with Gasteiger partial charge in [-0.05, 0) is 57.8 Å². The Hall–Kier alpha value is -2.12. The molecule has 0 aliphatic carbocycles. The van der Waals surface area contributed by atoms with Gasteiger partial charge in [-0.3, -0.25) is 4.79 Å². The van der Waals surface area contributed by atoms with Crippen molar-refractivity contribution in [1.29, 1.82) is 0 Å². The average Bonchev–Trinajstić information content (AvgIpc) is 2.64. The molecule has 0 aromatic heterocycles. The number of carboxylic acids is 1. The van der Waals surface area contributed by atoms with Crippen molar-refractivity contribution in [3.8, 4) is 0 Å². The Bertz CT molecular complexity index is 793. The second-order valence-corrected chi connectivity index (χ2v) is 15.9. The molecule has 0 heterocycles. The minimum atomic E-state index is -2.09. The number of aliphatic carboxylic acids is 1. The van der Waals surface area contributed by atoms with Crippen LogP contribution in [0.3, 0.4) is 0 Å². The highest BCUT2D eigenvalue weighted by molar-refractivity contribution is 6.74. The van der Waals surface area contributed by atoms with Crippen LogP contribution in [0.2, 0.25) is 18.1 Å². The number of amides is 1. The zero-order valence-corrected chi connectivity index (χ0v) is 22.8. The monoisotopic (exact) mass is 477 g/mol. The van der Waals surface area contributed by atoms with Gasteiger partial charge in [-0.25, -0.2) is 4.79 Å². The number of carbonyl (C=O) groups is 2. The molecule has 1 amide bonds. The summed E-state index contributed by atoms with van der Waals surface area (Å²) in [5, 5.41) is 13.1. The molecule has 1 aromatic carbocycles. The summed E-state index contributed by atoms with van der Waals surface area (Å²) in [6, 6.07) is 8.89. The highest BCUT2D eigenvalue weighted by Gasteiger charge is 2.41. The molecule has 0 aliphatic heterocycles. The van der Waals surface area contributed by atoms with Crippen LogP contribution < -0.4 is 5.32 Å². The van der Waals surface area contributed by atoms with Gasteiger partial charge in [-0.15, -0.1) is 0 Å². The molecule has 6 nitrogen and oxygen atoms in total. The lowest BCUT2D eigenvalue weighted by Crippen LogP contribution is -2.50. The lowest BCUT2D eigenvalue weighted by molar-refractivity contribution is -0.144. The number of rotatable bonds is 10. The molecule has 1 aromatic rings. The fourth-order valence-corrected chi connectivity index (χ4v) is 4.34. The second-order valence-electron chi connectivity index (χ2n) is 11.1. The standard InChI is InChI=1S/C26H43NO5Si/c1-10-14-20(18-31-33(8,9)26(5,6)7)22(23(28)29)21(17-19-15-12-11-13-16-19)27-24(30)32-25(2,3)4/h10-16,20-22H,17-18H2,1-9H3,(H,27,30)(H,28,29)/b14-10+/t20-,21-,22?/m0/s1. The maximum Gasteiger partial charge on any atom is 0.407 e. The fraction of sp³-hybridized carbons (Fsp3) is 0.615. The SMILES string of the molecule is C/C=C/[C@@H](CO[Si](C)(C)C(C)(C)C)C(C(=O)O)[C@H](Cc1ccccc1)NC(=O)OC(C)(C)C. The zero-order chi connectivity index (χ0) is 25.4. The van der Waals surface area contributed by atoms with Crippen LogP contribution in [-0.4, -0.2) is 43.7 Å². The molecule has 7 heteroatoms. The van der Waals surface area contributed by atoms with Crippen molar-refractivity contribution in [1.82, 2.24) is 5.32 Å². The number of benzene rings is 1. The van der Waals surface area contributed by atoms with Gasteiger partial charge in [0.05, 0.1) is 12.0 Å². The van der Waals surface area contributed by atoms with Gasteiger partial charge in [-0.2, -0.15) is 0 Å². The third-order valence-electron chi connectivity index (χ3n) is 6.06. The molecule has 0 spiro atoms. The molecule has 1 rings (SSSR count). The molecule has 2 N–H and O–H groups in total. The van der Waals surface area contributed by atoms with E-state index in [-0.39, 0.29) is 11.6 Å². The van der Waals surface area contributed by atoms with Crippen LogP contribution >= 0.6 is 0 Å². The number of ether oxygens (including phenoxy) is 1. The van der Waals surface area contributed by atoms with Gasteiger partial charge in [0, 0.05) is 12.5 Å². The molecule has 33 heavy (non-hydrogen) atoms. The van der Waals surface area contributed by atoms with Gasteiger partial charge in [0.1, 0.15) is 5.60 Å². The molecular formula is C26H43NO5Si. The smallest absolute Gasteiger partial charge is 0.407 e. The van der Waals surface area contributed by atoms with E-state index in [1.807, 2.05) is 49.4 Å². The van der Waals surface area contributed by atoms with E-state index >= 15 is 0 Å². The number of hydrogen-bond acceptors (Lipinski definition) is 4. The lowest BCUT2D eigenvalue weighted by Gasteiger charge is -2.38. The van der Waals surface area contributed by atoms with Crippen molar-refractivity contribution in [3.05, 3.63) is 48.0 Å². The molecule has 3 atom stereocenters. The number of nitrogens with one attached hydrogen (secondary N) is 1. The minimum absolute atomic E-state index is 0.00437. The van der Waals surface area contributed by atoms with E-state index in [1.165, 1.54) is 0 Å². The Morgan fingerprint density at radius 3 is 2.12 bits per heavy atom. The van der Waals surface area contributed by atoms with Crippen LogP contribution in [0.1, 0.15) is 54.0 Å². The summed E-state index contributed by atoms with van der Waals surface area (Å²) in [4.78, 5) is 25.2. The summed E-state index contributed by atoms with van der Waals surface area (Å²) in [5.74, 6) is -2.28. The molecule has 0 saturated carbocycles. The number of carbonyl (C=O) groups excluding carboxylic acids is 1. The molecule has 1 unspecified atom stereocenters. The molecule has 186 valence electrons.